The molecular weight excluding hydrogens is 272 g/mol. The summed E-state index contributed by atoms with van der Waals surface area (Å²) >= 11 is 0. The molecule has 19 heavy (non-hydrogen) atoms. The summed E-state index contributed by atoms with van der Waals surface area (Å²) in [4.78, 5) is 21.6. The van der Waals surface area contributed by atoms with Crippen LogP contribution in [-0.2, 0) is 21.4 Å². The molecule has 0 aliphatic heterocycles. The van der Waals surface area contributed by atoms with Crippen LogP contribution in [0.1, 0.15) is 19.8 Å². The molecule has 8 heteroatoms. The van der Waals surface area contributed by atoms with Crippen molar-refractivity contribution >= 4 is 21.7 Å². The van der Waals surface area contributed by atoms with E-state index in [0.29, 0.717) is 6.54 Å². The fourth-order valence-electron chi connectivity index (χ4n) is 1.48. The van der Waals surface area contributed by atoms with E-state index in [-0.39, 0.29) is 29.8 Å². The predicted octanol–water partition coefficient (Wildman–Crippen LogP) is 0.475. The van der Waals surface area contributed by atoms with Crippen molar-refractivity contribution in [3.63, 3.8) is 0 Å². The summed E-state index contributed by atoms with van der Waals surface area (Å²) in [5, 5.41) is 8.45. The van der Waals surface area contributed by atoms with E-state index >= 15 is 0 Å². The Morgan fingerprint density at radius 2 is 2.11 bits per heavy atom. The van der Waals surface area contributed by atoms with Crippen LogP contribution in [0.5, 0.6) is 0 Å². The number of carbonyl (C=O) groups is 1. The Bertz CT molecular complexity index is 606. The first kappa shape index (κ1) is 15.2. The van der Waals surface area contributed by atoms with Crippen LogP contribution in [0.25, 0.3) is 0 Å². The lowest BCUT2D eigenvalue weighted by atomic mass is 10.3. The summed E-state index contributed by atoms with van der Waals surface area (Å²) in [7, 11) is -3.60. The topological polar surface area (TPSA) is 105 Å². The van der Waals surface area contributed by atoms with E-state index < -0.39 is 16.0 Å². The lowest BCUT2D eigenvalue weighted by molar-refractivity contribution is -0.137. The average molecular weight is 288 g/mol. The van der Waals surface area contributed by atoms with Crippen LogP contribution in [0.2, 0.25) is 0 Å². The van der Waals surface area contributed by atoms with Crippen LogP contribution in [0.4, 0.5) is 5.69 Å². The largest absolute Gasteiger partial charge is 0.481 e. The second kappa shape index (κ2) is 6.37. The number of aliphatic carboxylic acids is 1. The fourth-order valence-corrected chi connectivity index (χ4v) is 2.59. The van der Waals surface area contributed by atoms with Crippen LogP contribution >= 0.6 is 0 Å². The van der Waals surface area contributed by atoms with Crippen molar-refractivity contribution in [3.05, 3.63) is 28.7 Å². The third kappa shape index (κ3) is 5.12. The number of nitrogens with one attached hydrogen (secondary N) is 1. The van der Waals surface area contributed by atoms with E-state index in [1.54, 1.807) is 6.92 Å². The van der Waals surface area contributed by atoms with Gasteiger partial charge in [0.15, 0.2) is 0 Å². The zero-order chi connectivity index (χ0) is 14.5. The van der Waals surface area contributed by atoms with Crippen molar-refractivity contribution < 1.29 is 18.3 Å². The number of hydrogen-bond acceptors (Lipinski definition) is 4. The molecule has 1 aromatic rings. The second-order valence-corrected chi connectivity index (χ2v) is 5.80. The van der Waals surface area contributed by atoms with Crippen molar-refractivity contribution in [1.82, 2.24) is 4.57 Å². The number of carboxylic acids is 1. The Morgan fingerprint density at radius 1 is 1.42 bits per heavy atom. The molecule has 2 N–H and O–H groups in total. The first-order valence-corrected chi connectivity index (χ1v) is 7.42. The molecule has 106 valence electrons. The first-order valence-electron chi connectivity index (χ1n) is 5.77. The zero-order valence-electron chi connectivity index (χ0n) is 10.5. The monoisotopic (exact) mass is 288 g/mol. The summed E-state index contributed by atoms with van der Waals surface area (Å²) in [5.74, 6) is -1.31. The Hall–Kier alpha value is -1.83. The maximum atomic E-state index is 11.7. The molecule has 1 rings (SSSR count). The molecule has 0 bridgehead atoms. The Balaban J connectivity index is 2.72. The van der Waals surface area contributed by atoms with Gasteiger partial charge in [-0.25, -0.2) is 8.42 Å². The first-order chi connectivity index (χ1) is 8.84. The highest BCUT2D eigenvalue weighted by molar-refractivity contribution is 7.92. The molecule has 0 radical (unpaired) electrons. The summed E-state index contributed by atoms with van der Waals surface area (Å²) in [6, 6.07) is 2.65. The smallest absolute Gasteiger partial charge is 0.303 e. The van der Waals surface area contributed by atoms with Gasteiger partial charge in [0, 0.05) is 25.2 Å². The maximum absolute atomic E-state index is 11.7. The van der Waals surface area contributed by atoms with Crippen LogP contribution in [0.3, 0.4) is 0 Å². The van der Waals surface area contributed by atoms with Crippen molar-refractivity contribution in [3.8, 4) is 0 Å². The highest BCUT2D eigenvalue weighted by Crippen LogP contribution is 2.08. The van der Waals surface area contributed by atoms with E-state index in [4.69, 9.17) is 5.11 Å². The second-order valence-electron chi connectivity index (χ2n) is 3.96. The Morgan fingerprint density at radius 3 is 2.68 bits per heavy atom. The summed E-state index contributed by atoms with van der Waals surface area (Å²) in [6.07, 6.45) is 1.25. The maximum Gasteiger partial charge on any atom is 0.303 e. The number of aryl methyl sites for hydroxylation is 1. The molecule has 0 aromatic carbocycles. The molecule has 1 heterocycles. The standard InChI is InChI=1S/C11H16N2O5S/c1-2-13-8-9(5-6-10(13)14)12-19(17,18)7-3-4-11(15)16/h5-6,8,12H,2-4,7H2,1H3,(H,15,16). The van der Waals surface area contributed by atoms with Gasteiger partial charge in [0.1, 0.15) is 0 Å². The number of nitrogens with zero attached hydrogens (tertiary/aromatic N) is 1. The summed E-state index contributed by atoms with van der Waals surface area (Å²) in [6.45, 7) is 2.21. The minimum Gasteiger partial charge on any atom is -0.481 e. The lowest BCUT2D eigenvalue weighted by Gasteiger charge is -2.09. The van der Waals surface area contributed by atoms with Crippen molar-refractivity contribution in [2.75, 3.05) is 10.5 Å². The van der Waals surface area contributed by atoms with Crippen LogP contribution in [-0.4, -0.2) is 29.8 Å². The molecule has 0 saturated heterocycles. The fraction of sp³-hybridized carbons (Fsp3) is 0.455. The minimum atomic E-state index is -3.60. The number of hydrogen-bond donors (Lipinski definition) is 2. The summed E-state index contributed by atoms with van der Waals surface area (Å²) in [5.41, 5.74) is 0.0769. The number of rotatable bonds is 7. The number of anilines is 1. The molecule has 0 fully saturated rings. The Labute approximate surface area is 110 Å². The molecule has 0 atom stereocenters. The van der Waals surface area contributed by atoms with E-state index in [2.05, 4.69) is 4.72 Å². The number of sulfonamides is 1. The van der Waals surface area contributed by atoms with E-state index in [1.165, 1.54) is 22.9 Å². The summed E-state index contributed by atoms with van der Waals surface area (Å²) < 4.78 is 27.0. The van der Waals surface area contributed by atoms with E-state index in [0.717, 1.165) is 0 Å². The van der Waals surface area contributed by atoms with Gasteiger partial charge in [-0.15, -0.1) is 0 Å². The molecule has 1 aromatic heterocycles. The molecule has 0 spiro atoms. The predicted molar refractivity (Wildman–Crippen MR) is 70.7 cm³/mol. The normalized spacial score (nSPS) is 11.2. The van der Waals surface area contributed by atoms with Gasteiger partial charge in [0.05, 0.1) is 11.4 Å². The van der Waals surface area contributed by atoms with Crippen LogP contribution in [0, 0.1) is 0 Å². The molecular formula is C11H16N2O5S. The minimum absolute atomic E-state index is 0.0398. The molecule has 0 aliphatic carbocycles. The quantitative estimate of drug-likeness (QED) is 0.759. The van der Waals surface area contributed by atoms with Gasteiger partial charge in [0.2, 0.25) is 10.0 Å². The van der Waals surface area contributed by atoms with E-state index in [9.17, 15) is 18.0 Å². The van der Waals surface area contributed by atoms with Crippen LogP contribution < -0.4 is 10.3 Å². The molecule has 0 unspecified atom stereocenters. The van der Waals surface area contributed by atoms with Crippen molar-refractivity contribution in [2.45, 2.75) is 26.3 Å². The van der Waals surface area contributed by atoms with Gasteiger partial charge >= 0.3 is 5.97 Å². The highest BCUT2D eigenvalue weighted by atomic mass is 32.2. The van der Waals surface area contributed by atoms with Crippen molar-refractivity contribution in [2.24, 2.45) is 0 Å². The van der Waals surface area contributed by atoms with Gasteiger partial charge in [0.25, 0.3) is 5.56 Å². The number of carboxylic acid groups (broad SMARTS) is 1. The third-order valence-corrected chi connectivity index (χ3v) is 3.77. The van der Waals surface area contributed by atoms with Gasteiger partial charge in [-0.1, -0.05) is 0 Å². The van der Waals surface area contributed by atoms with E-state index in [1.807, 2.05) is 0 Å². The highest BCUT2D eigenvalue weighted by Gasteiger charge is 2.11. The number of pyridine rings is 1. The van der Waals surface area contributed by atoms with Gasteiger partial charge in [-0.3, -0.25) is 14.3 Å². The molecule has 0 aliphatic rings. The van der Waals surface area contributed by atoms with Gasteiger partial charge < -0.3 is 9.67 Å². The zero-order valence-corrected chi connectivity index (χ0v) is 11.3. The molecule has 7 nitrogen and oxygen atoms in total. The lowest BCUT2D eigenvalue weighted by Crippen LogP contribution is -2.21. The number of aromatic nitrogens is 1. The van der Waals surface area contributed by atoms with Gasteiger partial charge in [-0.2, -0.15) is 0 Å². The molecule has 0 amide bonds. The van der Waals surface area contributed by atoms with Crippen LogP contribution in [0.15, 0.2) is 23.1 Å². The SMILES string of the molecule is CCn1cc(NS(=O)(=O)CCCC(=O)O)ccc1=O. The van der Waals surface area contributed by atoms with Gasteiger partial charge in [-0.05, 0) is 19.4 Å². The van der Waals surface area contributed by atoms with Crippen molar-refractivity contribution in [1.29, 1.82) is 0 Å². The molecule has 0 saturated carbocycles. The Kier molecular flexibility index (Phi) is 5.11. The average Bonchev–Trinajstić information content (AvgIpc) is 2.30. The third-order valence-electron chi connectivity index (χ3n) is 2.40.